The molecule has 0 heterocycles. The van der Waals surface area contributed by atoms with E-state index in [-0.39, 0.29) is 6.10 Å². The van der Waals surface area contributed by atoms with Crippen LogP contribution in [0.4, 0.5) is 0 Å². The highest BCUT2D eigenvalue weighted by Crippen LogP contribution is 2.54. The van der Waals surface area contributed by atoms with Crippen LogP contribution in [0.2, 0.25) is 0 Å². The van der Waals surface area contributed by atoms with Gasteiger partial charge in [0.2, 0.25) is 0 Å². The summed E-state index contributed by atoms with van der Waals surface area (Å²) < 4.78 is 5.33. The molecule has 2 atom stereocenters. The molecule has 0 aromatic heterocycles. The van der Waals surface area contributed by atoms with Crippen molar-refractivity contribution in [2.75, 3.05) is 7.11 Å². The fourth-order valence-electron chi connectivity index (χ4n) is 3.05. The molecule has 2 saturated carbocycles. The zero-order chi connectivity index (χ0) is 10.9. The molecule has 2 fully saturated rings. The molecule has 3 heteroatoms. The highest BCUT2D eigenvalue weighted by molar-refractivity contribution is 5.17. The first kappa shape index (κ1) is 10.9. The van der Waals surface area contributed by atoms with Crippen LogP contribution < -0.4 is 0 Å². The summed E-state index contributed by atoms with van der Waals surface area (Å²) >= 11 is 0. The molecule has 1 N–H and O–H groups in total. The Balaban J connectivity index is 2.15. The number of nitrogens with zero attached hydrogens (tertiary/aromatic N) is 1. The maximum Gasteiger partial charge on any atom is 0.0861 e. The third kappa shape index (κ3) is 1.56. The van der Waals surface area contributed by atoms with Gasteiger partial charge in [0, 0.05) is 13.5 Å². The van der Waals surface area contributed by atoms with Gasteiger partial charge in [0.25, 0.3) is 0 Å². The van der Waals surface area contributed by atoms with Crippen LogP contribution in [0.25, 0.3) is 0 Å². The Bertz CT molecular complexity index is 280. The second-order valence-corrected chi connectivity index (χ2v) is 5.03. The summed E-state index contributed by atoms with van der Waals surface area (Å²) in [7, 11) is 1.69. The Hall–Kier alpha value is -0.590. The normalized spacial score (nSPS) is 39.1. The average molecular weight is 209 g/mol. The van der Waals surface area contributed by atoms with E-state index in [9.17, 15) is 10.4 Å². The molecular formula is C12H19NO2. The second-order valence-electron chi connectivity index (χ2n) is 5.03. The molecule has 0 saturated heterocycles. The molecule has 0 spiro atoms. The van der Waals surface area contributed by atoms with E-state index in [1.807, 2.05) is 0 Å². The lowest BCUT2D eigenvalue weighted by Gasteiger charge is -2.51. The van der Waals surface area contributed by atoms with Gasteiger partial charge < -0.3 is 9.84 Å². The quantitative estimate of drug-likeness (QED) is 0.756. The lowest BCUT2D eigenvalue weighted by atomic mass is 9.55. The van der Waals surface area contributed by atoms with E-state index in [1.54, 1.807) is 7.11 Å². The van der Waals surface area contributed by atoms with Gasteiger partial charge in [-0.3, -0.25) is 0 Å². The molecule has 2 aliphatic rings. The minimum Gasteiger partial charge on any atom is -0.388 e. The minimum atomic E-state index is -0.793. The van der Waals surface area contributed by atoms with Gasteiger partial charge >= 0.3 is 0 Å². The summed E-state index contributed by atoms with van der Waals surface area (Å²) in [5.41, 5.74) is -1.26. The highest BCUT2D eigenvalue weighted by Gasteiger charge is 2.56. The van der Waals surface area contributed by atoms with Crippen molar-refractivity contribution in [3.05, 3.63) is 0 Å². The van der Waals surface area contributed by atoms with Crippen LogP contribution in [0.5, 0.6) is 0 Å². The van der Waals surface area contributed by atoms with E-state index in [1.165, 1.54) is 0 Å². The van der Waals surface area contributed by atoms with E-state index in [4.69, 9.17) is 4.74 Å². The van der Waals surface area contributed by atoms with Gasteiger partial charge in [-0.2, -0.15) is 5.26 Å². The molecule has 15 heavy (non-hydrogen) atoms. The number of methoxy groups -OCH3 is 1. The Morgan fingerprint density at radius 1 is 1.33 bits per heavy atom. The molecular weight excluding hydrogens is 190 g/mol. The minimum absolute atomic E-state index is 0.134. The third-order valence-corrected chi connectivity index (χ3v) is 4.33. The van der Waals surface area contributed by atoms with Crippen LogP contribution in [-0.4, -0.2) is 23.9 Å². The van der Waals surface area contributed by atoms with E-state index in [2.05, 4.69) is 6.07 Å². The molecule has 0 aromatic carbocycles. The Morgan fingerprint density at radius 2 is 2.07 bits per heavy atom. The van der Waals surface area contributed by atoms with Crippen molar-refractivity contribution in [1.82, 2.24) is 0 Å². The topological polar surface area (TPSA) is 53.2 Å². The zero-order valence-corrected chi connectivity index (χ0v) is 9.33. The fourth-order valence-corrected chi connectivity index (χ4v) is 3.05. The highest BCUT2D eigenvalue weighted by atomic mass is 16.5. The van der Waals surface area contributed by atoms with Gasteiger partial charge in [-0.15, -0.1) is 0 Å². The molecule has 0 amide bonds. The fraction of sp³-hybridized carbons (Fsp3) is 0.917. The van der Waals surface area contributed by atoms with Gasteiger partial charge in [0.05, 0.1) is 23.2 Å². The van der Waals surface area contributed by atoms with Crippen LogP contribution in [0.1, 0.15) is 44.9 Å². The standard InChI is InChI=1S/C12H19NO2/c1-15-10-4-2-7-12(14,8-10)11(9-13)5-3-6-11/h10,14H,2-8H2,1H3. The van der Waals surface area contributed by atoms with Crippen LogP contribution in [0.3, 0.4) is 0 Å². The van der Waals surface area contributed by atoms with E-state index in [0.29, 0.717) is 6.42 Å². The van der Waals surface area contributed by atoms with Gasteiger partial charge in [-0.25, -0.2) is 0 Å². The summed E-state index contributed by atoms with van der Waals surface area (Å²) in [5, 5.41) is 19.9. The summed E-state index contributed by atoms with van der Waals surface area (Å²) in [6.45, 7) is 0. The lowest BCUT2D eigenvalue weighted by molar-refractivity contribution is -0.144. The third-order valence-electron chi connectivity index (χ3n) is 4.33. The van der Waals surface area contributed by atoms with Crippen molar-refractivity contribution in [2.45, 2.75) is 56.7 Å². The first-order valence-corrected chi connectivity index (χ1v) is 5.82. The van der Waals surface area contributed by atoms with E-state index < -0.39 is 11.0 Å². The van der Waals surface area contributed by atoms with Gasteiger partial charge in [-0.1, -0.05) is 6.42 Å². The average Bonchev–Trinajstić information content (AvgIpc) is 2.16. The molecule has 2 aliphatic carbocycles. The summed E-state index contributed by atoms with van der Waals surface area (Å²) in [6.07, 6.45) is 6.31. The van der Waals surface area contributed by atoms with Crippen molar-refractivity contribution in [2.24, 2.45) is 5.41 Å². The second kappa shape index (κ2) is 3.77. The number of hydrogen-bond donors (Lipinski definition) is 1. The number of hydrogen-bond acceptors (Lipinski definition) is 3. The van der Waals surface area contributed by atoms with Crippen molar-refractivity contribution in [3.63, 3.8) is 0 Å². The van der Waals surface area contributed by atoms with E-state index in [0.717, 1.165) is 38.5 Å². The van der Waals surface area contributed by atoms with Crippen molar-refractivity contribution >= 4 is 0 Å². The molecule has 0 bridgehead atoms. The smallest absolute Gasteiger partial charge is 0.0861 e. The molecule has 2 unspecified atom stereocenters. The Morgan fingerprint density at radius 3 is 2.53 bits per heavy atom. The largest absolute Gasteiger partial charge is 0.388 e. The summed E-state index contributed by atoms with van der Waals surface area (Å²) in [5.74, 6) is 0. The molecule has 84 valence electrons. The number of ether oxygens (including phenoxy) is 1. The van der Waals surface area contributed by atoms with Crippen molar-refractivity contribution in [3.8, 4) is 6.07 Å². The Labute approximate surface area is 91.0 Å². The number of aliphatic hydroxyl groups is 1. The number of nitriles is 1. The summed E-state index contributed by atoms with van der Waals surface area (Å²) in [6, 6.07) is 2.36. The molecule has 0 aromatic rings. The molecule has 3 nitrogen and oxygen atoms in total. The van der Waals surface area contributed by atoms with Crippen LogP contribution in [0.15, 0.2) is 0 Å². The zero-order valence-electron chi connectivity index (χ0n) is 9.33. The van der Waals surface area contributed by atoms with Crippen LogP contribution in [0, 0.1) is 16.7 Å². The van der Waals surface area contributed by atoms with Gasteiger partial charge in [0.15, 0.2) is 0 Å². The predicted octanol–water partition coefficient (Wildman–Crippen LogP) is 2.00. The monoisotopic (exact) mass is 209 g/mol. The summed E-state index contributed by atoms with van der Waals surface area (Å²) in [4.78, 5) is 0. The molecule has 0 radical (unpaired) electrons. The van der Waals surface area contributed by atoms with Crippen LogP contribution >= 0.6 is 0 Å². The van der Waals surface area contributed by atoms with Gasteiger partial charge in [0.1, 0.15) is 0 Å². The van der Waals surface area contributed by atoms with Gasteiger partial charge in [-0.05, 0) is 32.1 Å². The maximum atomic E-state index is 10.6. The SMILES string of the molecule is COC1CCCC(O)(C2(C#N)CCC2)C1. The molecule has 2 rings (SSSR count). The van der Waals surface area contributed by atoms with Crippen LogP contribution in [-0.2, 0) is 4.74 Å². The first-order valence-electron chi connectivity index (χ1n) is 5.82. The number of rotatable bonds is 2. The lowest BCUT2D eigenvalue weighted by Crippen LogP contribution is -2.55. The van der Waals surface area contributed by atoms with Crippen molar-refractivity contribution in [1.29, 1.82) is 5.26 Å². The Kier molecular flexibility index (Phi) is 2.74. The first-order chi connectivity index (χ1) is 7.16. The maximum absolute atomic E-state index is 10.6. The predicted molar refractivity (Wildman–Crippen MR) is 56.1 cm³/mol. The van der Waals surface area contributed by atoms with E-state index >= 15 is 0 Å². The molecule has 0 aliphatic heterocycles. The van der Waals surface area contributed by atoms with Crippen molar-refractivity contribution < 1.29 is 9.84 Å².